The molecular weight excluding hydrogens is 208 g/mol. The van der Waals surface area contributed by atoms with Crippen LogP contribution in [0.5, 0.6) is 0 Å². The first-order valence-electron chi connectivity index (χ1n) is 3.79. The molecule has 1 aromatic rings. The van der Waals surface area contributed by atoms with E-state index in [0.717, 1.165) is 10.8 Å². The summed E-state index contributed by atoms with van der Waals surface area (Å²) in [5, 5.41) is 8.51. The lowest BCUT2D eigenvalue weighted by molar-refractivity contribution is 0.0578. The molecule has 0 fully saturated rings. The van der Waals surface area contributed by atoms with Crippen molar-refractivity contribution in [1.29, 1.82) is 0 Å². The van der Waals surface area contributed by atoms with Crippen molar-refractivity contribution < 1.29 is 9.53 Å². The molecule has 0 radical (unpaired) electrons. The van der Waals surface area contributed by atoms with Crippen LogP contribution in [0.1, 0.15) is 21.7 Å². The normalized spacial score (nSPS) is 10.0. The minimum atomic E-state index is -0.383. The molecule has 0 aliphatic carbocycles. The van der Waals surface area contributed by atoms with Gasteiger partial charge in [-0.1, -0.05) is 18.3 Å². The Morgan fingerprint density at radius 3 is 2.92 bits per heavy atom. The van der Waals surface area contributed by atoms with Crippen LogP contribution in [-0.2, 0) is 4.74 Å². The van der Waals surface area contributed by atoms with Gasteiger partial charge in [0.2, 0.25) is 5.01 Å². The molecule has 6 heteroatoms. The Morgan fingerprint density at radius 2 is 2.38 bits per heavy atom. The molecule has 0 spiro atoms. The minimum absolute atomic E-state index is 0.328. The number of hydrogen-bond donors (Lipinski definition) is 0. The van der Waals surface area contributed by atoms with Crippen LogP contribution >= 0.6 is 23.1 Å². The second-order valence-electron chi connectivity index (χ2n) is 2.17. The highest BCUT2D eigenvalue weighted by Gasteiger charge is 2.11. The summed E-state index contributed by atoms with van der Waals surface area (Å²) in [7, 11) is 0. The summed E-state index contributed by atoms with van der Waals surface area (Å²) < 4.78 is 4.91. The Hall–Kier alpha value is -0.620. The van der Waals surface area contributed by atoms with Gasteiger partial charge in [-0.25, -0.2) is 4.79 Å². The summed E-state index contributed by atoms with van der Waals surface area (Å²) in [6, 6.07) is 0. The van der Waals surface area contributed by atoms with Gasteiger partial charge in [0.15, 0.2) is 0 Å². The van der Waals surface area contributed by atoms with Gasteiger partial charge in [-0.2, -0.15) is 0 Å². The zero-order chi connectivity index (χ0) is 9.68. The van der Waals surface area contributed by atoms with Gasteiger partial charge < -0.3 is 4.74 Å². The van der Waals surface area contributed by atoms with Crippen molar-refractivity contribution in [2.24, 2.45) is 0 Å². The lowest BCUT2D eigenvalue weighted by Gasteiger charge is -1.98. The average molecular weight is 218 g/mol. The number of ether oxygens (including phenoxy) is 1. The van der Waals surface area contributed by atoms with Crippen molar-refractivity contribution >= 4 is 29.1 Å². The number of esters is 1. The Labute approximate surface area is 84.7 Å². The predicted octanol–water partition coefficient (Wildman–Crippen LogP) is 1.71. The zero-order valence-corrected chi connectivity index (χ0v) is 9.07. The highest BCUT2D eigenvalue weighted by Crippen LogP contribution is 2.10. The molecule has 4 nitrogen and oxygen atoms in total. The summed E-state index contributed by atoms with van der Waals surface area (Å²) in [6.07, 6.45) is 0. The lowest BCUT2D eigenvalue weighted by atomic mass is 10.7. The molecule has 1 rings (SSSR count). The highest BCUT2D eigenvalue weighted by molar-refractivity contribution is 7.99. The number of carbonyl (C=O) groups is 1. The first kappa shape index (κ1) is 10.5. The van der Waals surface area contributed by atoms with Gasteiger partial charge >= 0.3 is 5.97 Å². The number of aromatic nitrogens is 2. The van der Waals surface area contributed by atoms with E-state index < -0.39 is 0 Å². The summed E-state index contributed by atoms with van der Waals surface area (Å²) >= 11 is 2.80. The standard InChI is InChI=1S/C7H10N2O2S2/c1-3-12-4-11-7(10)6-9-8-5(2)13-6/h3-4H2,1-2H3. The van der Waals surface area contributed by atoms with Crippen LogP contribution in [0.2, 0.25) is 0 Å². The van der Waals surface area contributed by atoms with Crippen LogP contribution < -0.4 is 0 Å². The predicted molar refractivity (Wildman–Crippen MR) is 53.1 cm³/mol. The molecule has 72 valence electrons. The third-order valence-electron chi connectivity index (χ3n) is 1.18. The second kappa shape index (κ2) is 5.18. The first-order valence-corrected chi connectivity index (χ1v) is 5.76. The van der Waals surface area contributed by atoms with Crippen molar-refractivity contribution in [2.75, 3.05) is 11.7 Å². The number of rotatable bonds is 4. The molecule has 0 aliphatic heterocycles. The number of aryl methyl sites for hydroxylation is 1. The maximum Gasteiger partial charge on any atom is 0.370 e. The van der Waals surface area contributed by atoms with Gasteiger partial charge in [0.25, 0.3) is 0 Å². The molecule has 0 aliphatic rings. The van der Waals surface area contributed by atoms with E-state index >= 15 is 0 Å². The number of hydrogen-bond acceptors (Lipinski definition) is 6. The van der Waals surface area contributed by atoms with Gasteiger partial charge in [0.05, 0.1) is 0 Å². The fraction of sp³-hybridized carbons (Fsp3) is 0.571. The van der Waals surface area contributed by atoms with E-state index in [1.807, 2.05) is 6.92 Å². The van der Waals surface area contributed by atoms with E-state index in [0.29, 0.717) is 10.9 Å². The fourth-order valence-electron chi connectivity index (χ4n) is 0.619. The van der Waals surface area contributed by atoms with Crippen LogP contribution in [0, 0.1) is 6.92 Å². The number of nitrogens with zero attached hydrogens (tertiary/aromatic N) is 2. The van der Waals surface area contributed by atoms with Crippen LogP contribution in [0.3, 0.4) is 0 Å². The third kappa shape index (κ3) is 3.31. The SMILES string of the molecule is CCSCOC(=O)c1nnc(C)s1. The van der Waals surface area contributed by atoms with E-state index in [9.17, 15) is 4.79 Å². The van der Waals surface area contributed by atoms with Crippen LogP contribution in [0.4, 0.5) is 0 Å². The Kier molecular flexibility index (Phi) is 4.17. The summed E-state index contributed by atoms with van der Waals surface area (Å²) in [6.45, 7) is 3.81. The van der Waals surface area contributed by atoms with Gasteiger partial charge in [-0.05, 0) is 12.7 Å². The topological polar surface area (TPSA) is 52.1 Å². The molecule has 0 N–H and O–H groups in total. The molecule has 0 aromatic carbocycles. The lowest BCUT2D eigenvalue weighted by Crippen LogP contribution is -2.04. The molecular formula is C7H10N2O2S2. The van der Waals surface area contributed by atoms with Crippen molar-refractivity contribution in [3.8, 4) is 0 Å². The Bertz CT molecular complexity index is 288. The maximum atomic E-state index is 11.2. The molecule has 0 unspecified atom stereocenters. The molecule has 0 saturated carbocycles. The van der Waals surface area contributed by atoms with Crippen LogP contribution in [0.15, 0.2) is 0 Å². The average Bonchev–Trinajstić information content (AvgIpc) is 2.52. The van der Waals surface area contributed by atoms with E-state index in [4.69, 9.17) is 4.74 Å². The summed E-state index contributed by atoms with van der Waals surface area (Å²) in [4.78, 5) is 11.2. The molecule has 0 saturated heterocycles. The van der Waals surface area contributed by atoms with Crippen LogP contribution in [0.25, 0.3) is 0 Å². The van der Waals surface area contributed by atoms with Gasteiger partial charge in [-0.3, -0.25) is 0 Å². The van der Waals surface area contributed by atoms with Crippen molar-refractivity contribution in [3.63, 3.8) is 0 Å². The first-order chi connectivity index (χ1) is 6.24. The quantitative estimate of drug-likeness (QED) is 0.437. The Balaban J connectivity index is 2.40. The minimum Gasteiger partial charge on any atom is -0.449 e. The summed E-state index contributed by atoms with van der Waals surface area (Å²) in [5.41, 5.74) is 0. The maximum absolute atomic E-state index is 11.2. The number of thioether (sulfide) groups is 1. The van der Waals surface area contributed by atoms with Gasteiger partial charge in [-0.15, -0.1) is 22.0 Å². The highest BCUT2D eigenvalue weighted by atomic mass is 32.2. The van der Waals surface area contributed by atoms with Crippen molar-refractivity contribution in [3.05, 3.63) is 10.0 Å². The summed E-state index contributed by atoms with van der Waals surface area (Å²) in [5.74, 6) is 0.933. The molecule has 0 bridgehead atoms. The van der Waals surface area contributed by atoms with Gasteiger partial charge in [0.1, 0.15) is 10.9 Å². The molecule has 0 amide bonds. The zero-order valence-electron chi connectivity index (χ0n) is 7.44. The molecule has 0 atom stereocenters. The van der Waals surface area contributed by atoms with Crippen molar-refractivity contribution in [1.82, 2.24) is 10.2 Å². The van der Waals surface area contributed by atoms with E-state index in [-0.39, 0.29) is 5.97 Å². The third-order valence-corrected chi connectivity index (χ3v) is 2.69. The van der Waals surface area contributed by atoms with Crippen LogP contribution in [-0.4, -0.2) is 27.9 Å². The Morgan fingerprint density at radius 1 is 1.62 bits per heavy atom. The molecule has 1 heterocycles. The number of carbonyl (C=O) groups excluding carboxylic acids is 1. The molecule has 13 heavy (non-hydrogen) atoms. The largest absolute Gasteiger partial charge is 0.449 e. The monoisotopic (exact) mass is 218 g/mol. The van der Waals surface area contributed by atoms with Crippen molar-refractivity contribution in [2.45, 2.75) is 13.8 Å². The second-order valence-corrected chi connectivity index (χ2v) is 4.57. The van der Waals surface area contributed by atoms with E-state index in [1.165, 1.54) is 11.3 Å². The molecule has 1 aromatic heterocycles. The van der Waals surface area contributed by atoms with Gasteiger partial charge in [0, 0.05) is 0 Å². The fourth-order valence-corrected chi connectivity index (χ4v) is 1.56. The van der Waals surface area contributed by atoms with E-state index in [2.05, 4.69) is 10.2 Å². The van der Waals surface area contributed by atoms with E-state index in [1.54, 1.807) is 18.7 Å². The smallest absolute Gasteiger partial charge is 0.370 e.